The van der Waals surface area contributed by atoms with Crippen LogP contribution in [0.2, 0.25) is 0 Å². The predicted octanol–water partition coefficient (Wildman–Crippen LogP) is 1.18. The minimum atomic E-state index is 0.806. The molecule has 1 aromatic rings. The van der Waals surface area contributed by atoms with Gasteiger partial charge in [0.15, 0.2) is 0 Å². The Labute approximate surface area is 70.8 Å². The molecule has 0 atom stereocenters. The predicted molar refractivity (Wildman–Crippen MR) is 43.1 cm³/mol. The monoisotopic (exact) mass is 165 g/mol. The summed E-state index contributed by atoms with van der Waals surface area (Å²) in [4.78, 5) is 2.21. The summed E-state index contributed by atoms with van der Waals surface area (Å²) in [5.74, 6) is 0. The number of rotatable bonds is 2. The van der Waals surface area contributed by atoms with E-state index in [-0.39, 0.29) is 0 Å². The fourth-order valence-corrected chi connectivity index (χ4v) is 1.30. The van der Waals surface area contributed by atoms with Crippen molar-refractivity contribution < 1.29 is 4.52 Å². The minimum absolute atomic E-state index is 0.806. The molecule has 1 aliphatic rings. The third-order valence-electron chi connectivity index (χ3n) is 1.90. The zero-order valence-electron chi connectivity index (χ0n) is 6.81. The van der Waals surface area contributed by atoms with Gasteiger partial charge < -0.3 is 9.42 Å². The van der Waals surface area contributed by atoms with Gasteiger partial charge in [0.05, 0.1) is 6.54 Å². The Morgan fingerprint density at radius 3 is 3.25 bits per heavy atom. The Bertz CT molecular complexity index is 255. The Kier molecular flexibility index (Phi) is 2.07. The van der Waals surface area contributed by atoms with Crippen LogP contribution in [0.3, 0.4) is 0 Å². The molecule has 0 aromatic carbocycles. The topological polar surface area (TPSA) is 42.2 Å². The van der Waals surface area contributed by atoms with Crippen LogP contribution >= 0.6 is 0 Å². The van der Waals surface area contributed by atoms with Gasteiger partial charge in [-0.25, -0.2) is 0 Å². The fourth-order valence-electron chi connectivity index (χ4n) is 1.30. The van der Waals surface area contributed by atoms with Crippen molar-refractivity contribution in [3.05, 3.63) is 24.2 Å². The number of hydrogen-bond donors (Lipinski definition) is 0. The highest BCUT2D eigenvalue weighted by molar-refractivity contribution is 4.94. The van der Waals surface area contributed by atoms with Gasteiger partial charge in [-0.3, -0.25) is 0 Å². The van der Waals surface area contributed by atoms with Crippen LogP contribution in [0.15, 0.2) is 23.1 Å². The van der Waals surface area contributed by atoms with Gasteiger partial charge in [0, 0.05) is 11.8 Å². The minimum Gasteiger partial charge on any atom is -0.372 e. The molecular formula is C8H11N3O. The molecule has 0 N–H and O–H groups in total. The second-order valence-corrected chi connectivity index (χ2v) is 2.89. The van der Waals surface area contributed by atoms with E-state index in [4.69, 9.17) is 0 Å². The van der Waals surface area contributed by atoms with Crippen LogP contribution in [0.5, 0.6) is 0 Å². The Hall–Kier alpha value is -1.32. The Morgan fingerprint density at radius 2 is 2.58 bits per heavy atom. The quantitative estimate of drug-likeness (QED) is 0.660. The maximum Gasteiger partial charge on any atom is 0.149 e. The number of hydrogen-bond acceptors (Lipinski definition) is 4. The molecule has 0 spiro atoms. The summed E-state index contributed by atoms with van der Waals surface area (Å²) < 4.78 is 4.64. The summed E-state index contributed by atoms with van der Waals surface area (Å²) in [5.41, 5.74) is 0.890. The van der Waals surface area contributed by atoms with Crippen molar-refractivity contribution >= 4 is 0 Å². The van der Waals surface area contributed by atoms with Crippen molar-refractivity contribution in [2.24, 2.45) is 0 Å². The average molecular weight is 165 g/mol. The first-order valence-corrected chi connectivity index (χ1v) is 4.12. The lowest BCUT2D eigenvalue weighted by atomic mass is 10.2. The van der Waals surface area contributed by atoms with Crippen LogP contribution in [0.1, 0.15) is 18.5 Å². The highest BCUT2D eigenvalue weighted by atomic mass is 16.5. The summed E-state index contributed by atoms with van der Waals surface area (Å²) >= 11 is 0. The van der Waals surface area contributed by atoms with E-state index < -0.39 is 0 Å². The summed E-state index contributed by atoms with van der Waals surface area (Å²) in [7, 11) is 0. The van der Waals surface area contributed by atoms with E-state index in [1.54, 1.807) is 6.26 Å². The van der Waals surface area contributed by atoms with E-state index in [0.29, 0.717) is 0 Å². The van der Waals surface area contributed by atoms with Crippen molar-refractivity contribution in [2.75, 3.05) is 6.54 Å². The van der Waals surface area contributed by atoms with Crippen molar-refractivity contribution in [3.63, 3.8) is 0 Å². The van der Waals surface area contributed by atoms with Crippen LogP contribution in [0, 0.1) is 0 Å². The zero-order valence-corrected chi connectivity index (χ0v) is 6.81. The van der Waals surface area contributed by atoms with Crippen molar-refractivity contribution in [2.45, 2.75) is 19.4 Å². The zero-order chi connectivity index (χ0) is 8.23. The Morgan fingerprint density at radius 1 is 1.58 bits per heavy atom. The van der Waals surface area contributed by atoms with Crippen LogP contribution in [-0.4, -0.2) is 21.8 Å². The molecular weight excluding hydrogens is 154 g/mol. The van der Waals surface area contributed by atoms with Crippen LogP contribution < -0.4 is 0 Å². The summed E-state index contributed by atoms with van der Waals surface area (Å²) in [6, 6.07) is 0. The number of allylic oxidation sites excluding steroid dienone is 1. The summed E-state index contributed by atoms with van der Waals surface area (Å²) in [6.07, 6.45) is 8.28. The number of nitrogens with zero attached hydrogens (tertiary/aromatic N) is 3. The van der Waals surface area contributed by atoms with Crippen LogP contribution in [-0.2, 0) is 6.54 Å². The normalized spacial score (nSPS) is 16.8. The molecule has 12 heavy (non-hydrogen) atoms. The maximum absolute atomic E-state index is 4.64. The molecule has 64 valence electrons. The summed E-state index contributed by atoms with van der Waals surface area (Å²) in [5, 5.41) is 7.23. The lowest BCUT2D eigenvalue weighted by molar-refractivity contribution is 0.344. The molecule has 0 amide bonds. The molecule has 1 aromatic heterocycles. The van der Waals surface area contributed by atoms with E-state index in [0.717, 1.165) is 18.8 Å². The molecule has 0 aliphatic carbocycles. The molecule has 0 bridgehead atoms. The molecule has 2 rings (SSSR count). The first kappa shape index (κ1) is 7.34. The SMILES string of the molecule is C1=CN(Cc2conn2)CCC1. The second kappa shape index (κ2) is 3.38. The molecule has 0 fully saturated rings. The van der Waals surface area contributed by atoms with Gasteiger partial charge in [-0.15, -0.1) is 5.10 Å². The molecule has 0 unspecified atom stereocenters. The van der Waals surface area contributed by atoms with Crippen molar-refractivity contribution in [1.82, 2.24) is 15.3 Å². The molecule has 4 nitrogen and oxygen atoms in total. The van der Waals surface area contributed by atoms with Gasteiger partial charge in [0.1, 0.15) is 12.0 Å². The first-order valence-electron chi connectivity index (χ1n) is 4.12. The molecule has 1 aliphatic heterocycles. The smallest absolute Gasteiger partial charge is 0.149 e. The third-order valence-corrected chi connectivity index (χ3v) is 1.90. The largest absolute Gasteiger partial charge is 0.372 e. The maximum atomic E-state index is 4.64. The lowest BCUT2D eigenvalue weighted by Gasteiger charge is -2.21. The molecule has 0 radical (unpaired) electrons. The lowest BCUT2D eigenvalue weighted by Crippen LogP contribution is -2.20. The van der Waals surface area contributed by atoms with Crippen LogP contribution in [0.25, 0.3) is 0 Å². The van der Waals surface area contributed by atoms with Crippen LogP contribution in [0.4, 0.5) is 0 Å². The van der Waals surface area contributed by atoms with Gasteiger partial charge in [-0.05, 0) is 19.0 Å². The van der Waals surface area contributed by atoms with Crippen molar-refractivity contribution in [1.29, 1.82) is 0 Å². The number of aromatic nitrogens is 2. The van der Waals surface area contributed by atoms with E-state index in [9.17, 15) is 0 Å². The fraction of sp³-hybridized carbons (Fsp3) is 0.500. The summed E-state index contributed by atoms with van der Waals surface area (Å²) in [6.45, 7) is 1.91. The van der Waals surface area contributed by atoms with Gasteiger partial charge in [0.25, 0.3) is 0 Å². The molecule has 0 saturated carbocycles. The second-order valence-electron chi connectivity index (χ2n) is 2.89. The molecule has 0 saturated heterocycles. The molecule has 4 heteroatoms. The molecule has 2 heterocycles. The highest BCUT2D eigenvalue weighted by Gasteiger charge is 2.06. The van der Waals surface area contributed by atoms with Gasteiger partial charge in [-0.1, -0.05) is 6.08 Å². The van der Waals surface area contributed by atoms with Gasteiger partial charge in [-0.2, -0.15) is 0 Å². The van der Waals surface area contributed by atoms with Gasteiger partial charge in [0.2, 0.25) is 0 Å². The van der Waals surface area contributed by atoms with E-state index >= 15 is 0 Å². The van der Waals surface area contributed by atoms with E-state index in [2.05, 4.69) is 32.1 Å². The standard InChI is InChI=1S/C8H11N3O/c1-2-4-11(5-3-1)6-8-7-12-10-9-8/h2,4,7H,1,3,5-6H2. The van der Waals surface area contributed by atoms with E-state index in [1.165, 1.54) is 12.8 Å². The average Bonchev–Trinajstić information content (AvgIpc) is 2.59. The third kappa shape index (κ3) is 1.64. The van der Waals surface area contributed by atoms with Crippen molar-refractivity contribution in [3.8, 4) is 0 Å². The van der Waals surface area contributed by atoms with Gasteiger partial charge >= 0.3 is 0 Å². The Balaban J connectivity index is 1.94. The highest BCUT2D eigenvalue weighted by Crippen LogP contribution is 2.08. The first-order chi connectivity index (χ1) is 5.95. The van der Waals surface area contributed by atoms with E-state index in [1.807, 2.05) is 0 Å².